The zero-order chi connectivity index (χ0) is 18.2. The molecule has 1 heterocycles. The fourth-order valence-corrected chi connectivity index (χ4v) is 3.86. The molecule has 2 aliphatic rings. The summed E-state index contributed by atoms with van der Waals surface area (Å²) in [5.41, 5.74) is 0.180. The monoisotopic (exact) mass is 361 g/mol. The summed E-state index contributed by atoms with van der Waals surface area (Å²) in [4.78, 5) is 2.10. The topological polar surface area (TPSA) is 41.9 Å². The fourth-order valence-electron chi connectivity index (χ4n) is 3.86. The Hall–Kier alpha value is -1.80. The number of alkyl halides is 4. The Morgan fingerprint density at radius 3 is 2.52 bits per heavy atom. The van der Waals surface area contributed by atoms with E-state index >= 15 is 0 Å². The van der Waals surface area contributed by atoms with Crippen molar-refractivity contribution in [3.05, 3.63) is 35.9 Å². The maximum atomic E-state index is 12.7. The van der Waals surface area contributed by atoms with Gasteiger partial charge < -0.3 is 19.5 Å². The minimum Gasteiger partial charge on any atom is -0.431 e. The molecule has 1 fully saturated rings. The smallest absolute Gasteiger partial charge is 0.387 e. The molecule has 1 aliphatic heterocycles. The third-order valence-electron chi connectivity index (χ3n) is 5.00. The second kappa shape index (κ2) is 6.84. The molecular weight excluding hydrogens is 342 g/mol. The van der Waals surface area contributed by atoms with Crippen molar-refractivity contribution >= 4 is 0 Å². The number of fused-ring (bicyclic) bond motifs is 1. The highest BCUT2D eigenvalue weighted by Gasteiger charge is 2.48. The Labute approximate surface area is 142 Å². The highest BCUT2D eigenvalue weighted by molar-refractivity contribution is 5.49. The lowest BCUT2D eigenvalue weighted by Gasteiger charge is -2.39. The first-order chi connectivity index (χ1) is 11.8. The minimum atomic E-state index is -3.15. The Kier molecular flexibility index (Phi) is 4.92. The van der Waals surface area contributed by atoms with E-state index in [1.807, 2.05) is 13.1 Å². The number of halogens is 4. The van der Waals surface area contributed by atoms with E-state index in [-0.39, 0.29) is 6.04 Å². The molecular formula is C17H19F4NO3. The summed E-state index contributed by atoms with van der Waals surface area (Å²) in [5, 5.41) is 9.91. The lowest BCUT2D eigenvalue weighted by Crippen LogP contribution is -2.44. The highest BCUT2D eigenvalue weighted by atomic mass is 19.3. The first kappa shape index (κ1) is 18.0. The molecule has 25 heavy (non-hydrogen) atoms. The number of benzene rings is 1. The average Bonchev–Trinajstić information content (AvgIpc) is 2.86. The van der Waals surface area contributed by atoms with Gasteiger partial charge >= 0.3 is 13.2 Å². The standard InChI is InChI=1S/C17H19F4NO3/c1-22-7-6-17(5-4-11(23)9-14(17)22)10-2-3-12(24-15(18)19)13(8-10)25-16(20)21/h2-5,8,11,14-16,23H,6-7,9H2,1H3/t11-,14+,17+/m1/s1. The molecule has 8 heteroatoms. The van der Waals surface area contributed by atoms with Gasteiger partial charge in [0, 0.05) is 11.5 Å². The van der Waals surface area contributed by atoms with Gasteiger partial charge in [0.05, 0.1) is 6.10 Å². The van der Waals surface area contributed by atoms with Crippen LogP contribution >= 0.6 is 0 Å². The molecule has 3 atom stereocenters. The van der Waals surface area contributed by atoms with E-state index in [0.29, 0.717) is 12.0 Å². The summed E-state index contributed by atoms with van der Waals surface area (Å²) in [6.07, 6.45) is 4.22. The maximum Gasteiger partial charge on any atom is 0.387 e. The number of likely N-dealkylation sites (N-methyl/N-ethyl adjacent to an activating group) is 1. The van der Waals surface area contributed by atoms with Crippen molar-refractivity contribution in [1.29, 1.82) is 0 Å². The SMILES string of the molecule is CN1CC[C@]2(c3ccc(OC(F)F)c(OC(F)F)c3)C=C[C@@H](O)C[C@H]12. The average molecular weight is 361 g/mol. The van der Waals surface area contributed by atoms with Crippen molar-refractivity contribution < 1.29 is 32.1 Å². The number of nitrogens with zero attached hydrogens (tertiary/aromatic N) is 1. The Bertz CT molecular complexity index is 655. The van der Waals surface area contributed by atoms with Crippen molar-refractivity contribution in [3.8, 4) is 11.5 Å². The van der Waals surface area contributed by atoms with E-state index in [0.717, 1.165) is 13.0 Å². The van der Waals surface area contributed by atoms with Gasteiger partial charge in [-0.25, -0.2) is 0 Å². The number of likely N-dealkylation sites (tertiary alicyclic amines) is 1. The molecule has 0 unspecified atom stereocenters. The first-order valence-corrected chi connectivity index (χ1v) is 7.93. The molecule has 0 spiro atoms. The lowest BCUT2D eigenvalue weighted by molar-refractivity contribution is -0.0693. The van der Waals surface area contributed by atoms with Crippen molar-refractivity contribution in [2.75, 3.05) is 13.6 Å². The summed E-state index contributed by atoms with van der Waals surface area (Å²) in [6.45, 7) is -5.53. The van der Waals surface area contributed by atoms with Crippen LogP contribution in [0.1, 0.15) is 18.4 Å². The third kappa shape index (κ3) is 3.46. The van der Waals surface area contributed by atoms with Gasteiger partial charge in [-0.05, 0) is 44.1 Å². The molecule has 3 rings (SSSR count). The van der Waals surface area contributed by atoms with E-state index in [1.54, 1.807) is 12.1 Å². The quantitative estimate of drug-likeness (QED) is 0.646. The van der Waals surface area contributed by atoms with Crippen molar-refractivity contribution in [1.82, 2.24) is 4.90 Å². The molecule has 0 saturated carbocycles. The lowest BCUT2D eigenvalue weighted by atomic mass is 9.69. The van der Waals surface area contributed by atoms with Gasteiger partial charge in [-0.3, -0.25) is 0 Å². The highest BCUT2D eigenvalue weighted by Crippen LogP contribution is 2.47. The molecule has 138 valence electrons. The van der Waals surface area contributed by atoms with E-state index in [2.05, 4.69) is 14.4 Å². The number of hydrogen-bond donors (Lipinski definition) is 1. The van der Waals surface area contributed by atoms with E-state index < -0.39 is 36.2 Å². The Morgan fingerprint density at radius 1 is 1.16 bits per heavy atom. The summed E-state index contributed by atoms with van der Waals surface area (Å²) in [7, 11) is 1.93. The summed E-state index contributed by atoms with van der Waals surface area (Å²) in [6, 6.07) is 4.12. The normalized spacial score (nSPS) is 29.3. The van der Waals surface area contributed by atoms with Gasteiger partial charge in [0.15, 0.2) is 11.5 Å². The zero-order valence-corrected chi connectivity index (χ0v) is 13.5. The van der Waals surface area contributed by atoms with Crippen molar-refractivity contribution in [2.45, 2.75) is 43.6 Å². The van der Waals surface area contributed by atoms with Crippen LogP contribution in [0, 0.1) is 0 Å². The van der Waals surface area contributed by atoms with Gasteiger partial charge in [-0.1, -0.05) is 18.2 Å². The first-order valence-electron chi connectivity index (χ1n) is 7.93. The predicted octanol–water partition coefficient (Wildman–Crippen LogP) is 3.15. The Balaban J connectivity index is 2.02. The number of hydrogen-bond acceptors (Lipinski definition) is 4. The van der Waals surface area contributed by atoms with Gasteiger partial charge in [-0.2, -0.15) is 17.6 Å². The van der Waals surface area contributed by atoms with Crippen LogP contribution in [-0.4, -0.2) is 49.0 Å². The third-order valence-corrected chi connectivity index (χ3v) is 5.00. The fraction of sp³-hybridized carbons (Fsp3) is 0.529. The van der Waals surface area contributed by atoms with Crippen LogP contribution in [0.4, 0.5) is 17.6 Å². The van der Waals surface area contributed by atoms with Crippen LogP contribution in [0.3, 0.4) is 0 Å². The van der Waals surface area contributed by atoms with E-state index in [4.69, 9.17) is 0 Å². The molecule has 0 aromatic heterocycles. The van der Waals surface area contributed by atoms with Gasteiger partial charge in [0.25, 0.3) is 0 Å². The largest absolute Gasteiger partial charge is 0.431 e. The van der Waals surface area contributed by atoms with Crippen LogP contribution in [0.5, 0.6) is 11.5 Å². The zero-order valence-electron chi connectivity index (χ0n) is 13.5. The van der Waals surface area contributed by atoms with Crippen LogP contribution in [0.2, 0.25) is 0 Å². The van der Waals surface area contributed by atoms with Gasteiger partial charge in [0.2, 0.25) is 0 Å². The summed E-state index contributed by atoms with van der Waals surface area (Å²) >= 11 is 0. The Morgan fingerprint density at radius 2 is 1.84 bits per heavy atom. The molecule has 0 amide bonds. The molecule has 0 bridgehead atoms. The number of ether oxygens (including phenoxy) is 2. The van der Waals surface area contributed by atoms with Crippen LogP contribution in [0.25, 0.3) is 0 Å². The molecule has 4 nitrogen and oxygen atoms in total. The number of aliphatic hydroxyl groups excluding tert-OH is 1. The minimum absolute atomic E-state index is 0.0197. The van der Waals surface area contributed by atoms with E-state index in [9.17, 15) is 22.7 Å². The second-order valence-electron chi connectivity index (χ2n) is 6.37. The maximum absolute atomic E-state index is 12.7. The van der Waals surface area contributed by atoms with Crippen LogP contribution < -0.4 is 9.47 Å². The molecule has 1 aliphatic carbocycles. The molecule has 1 saturated heterocycles. The summed E-state index contributed by atoms with van der Waals surface area (Å²) in [5.74, 6) is -0.854. The van der Waals surface area contributed by atoms with Crippen molar-refractivity contribution in [3.63, 3.8) is 0 Å². The predicted molar refractivity (Wildman–Crippen MR) is 82.2 cm³/mol. The second-order valence-corrected chi connectivity index (χ2v) is 6.37. The van der Waals surface area contributed by atoms with Crippen LogP contribution in [0.15, 0.2) is 30.4 Å². The van der Waals surface area contributed by atoms with Crippen molar-refractivity contribution in [2.24, 2.45) is 0 Å². The number of rotatable bonds is 5. The van der Waals surface area contributed by atoms with Gasteiger partial charge in [0.1, 0.15) is 0 Å². The summed E-state index contributed by atoms with van der Waals surface area (Å²) < 4.78 is 59.0. The number of aliphatic hydroxyl groups is 1. The van der Waals surface area contributed by atoms with Crippen LogP contribution in [-0.2, 0) is 5.41 Å². The molecule has 1 aromatic carbocycles. The molecule has 1 aromatic rings. The van der Waals surface area contributed by atoms with E-state index in [1.165, 1.54) is 12.1 Å². The molecule has 0 radical (unpaired) electrons. The van der Waals surface area contributed by atoms with Gasteiger partial charge in [-0.15, -0.1) is 0 Å². The molecule has 1 N–H and O–H groups in total.